The van der Waals surface area contributed by atoms with Gasteiger partial charge in [0.15, 0.2) is 0 Å². The predicted octanol–water partition coefficient (Wildman–Crippen LogP) is 3.43. The Kier molecular flexibility index (Phi) is 5.01. The van der Waals surface area contributed by atoms with Gasteiger partial charge < -0.3 is 15.5 Å². The van der Waals surface area contributed by atoms with Gasteiger partial charge in [-0.25, -0.2) is 0 Å². The van der Waals surface area contributed by atoms with Gasteiger partial charge in [0.1, 0.15) is 5.75 Å². The summed E-state index contributed by atoms with van der Waals surface area (Å²) in [6, 6.07) is 14.3. The van der Waals surface area contributed by atoms with Crippen molar-refractivity contribution in [2.45, 2.75) is 19.0 Å². The molecular weight excluding hydrogens is 274 g/mol. The van der Waals surface area contributed by atoms with Crippen molar-refractivity contribution in [3.8, 4) is 5.75 Å². The van der Waals surface area contributed by atoms with E-state index in [2.05, 4.69) is 5.32 Å². The molecule has 0 bridgehead atoms. The topological polar surface area (TPSA) is 52.5 Å². The first-order chi connectivity index (χ1) is 9.60. The molecule has 3 N–H and O–H groups in total. The molecule has 0 spiro atoms. The third-order valence-electron chi connectivity index (χ3n) is 3.26. The normalized spacial score (nSPS) is 13.9. The van der Waals surface area contributed by atoms with Crippen LogP contribution in [0.1, 0.15) is 30.1 Å². The van der Waals surface area contributed by atoms with Crippen LogP contribution in [0, 0.1) is 0 Å². The van der Waals surface area contributed by atoms with Crippen molar-refractivity contribution < 1.29 is 10.2 Å². The summed E-state index contributed by atoms with van der Waals surface area (Å²) in [5, 5.41) is 23.1. The summed E-state index contributed by atoms with van der Waals surface area (Å²) < 4.78 is 0. The standard InChI is InChI=1S/C16H18ClNO2/c1-11(12-4-3-7-15(20)9-12)18-16(10-19)13-5-2-6-14(17)8-13/h2-9,11,16,18-20H,10H2,1H3/t11-,16-/m0/s1. The zero-order chi connectivity index (χ0) is 14.5. The second-order valence-corrected chi connectivity index (χ2v) is 5.21. The molecule has 20 heavy (non-hydrogen) atoms. The summed E-state index contributed by atoms with van der Waals surface area (Å²) in [6.07, 6.45) is 0. The van der Waals surface area contributed by atoms with Crippen LogP contribution < -0.4 is 5.32 Å². The van der Waals surface area contributed by atoms with Gasteiger partial charge in [-0.3, -0.25) is 0 Å². The third-order valence-corrected chi connectivity index (χ3v) is 3.49. The highest BCUT2D eigenvalue weighted by Crippen LogP contribution is 2.23. The minimum Gasteiger partial charge on any atom is -0.508 e. The predicted molar refractivity (Wildman–Crippen MR) is 80.9 cm³/mol. The molecule has 2 atom stereocenters. The number of aliphatic hydroxyl groups excluding tert-OH is 1. The van der Waals surface area contributed by atoms with Crippen molar-refractivity contribution in [1.82, 2.24) is 5.32 Å². The van der Waals surface area contributed by atoms with E-state index in [1.165, 1.54) is 0 Å². The van der Waals surface area contributed by atoms with Crippen molar-refractivity contribution in [1.29, 1.82) is 0 Å². The van der Waals surface area contributed by atoms with Crippen molar-refractivity contribution in [3.05, 3.63) is 64.7 Å². The van der Waals surface area contributed by atoms with E-state index >= 15 is 0 Å². The fraction of sp³-hybridized carbons (Fsp3) is 0.250. The highest BCUT2D eigenvalue weighted by Gasteiger charge is 2.15. The lowest BCUT2D eigenvalue weighted by molar-refractivity contribution is 0.235. The van der Waals surface area contributed by atoms with Crippen LogP contribution in [0.5, 0.6) is 5.75 Å². The molecule has 4 heteroatoms. The smallest absolute Gasteiger partial charge is 0.115 e. The fourth-order valence-corrected chi connectivity index (χ4v) is 2.37. The van der Waals surface area contributed by atoms with Gasteiger partial charge in [0.25, 0.3) is 0 Å². The Labute approximate surface area is 123 Å². The lowest BCUT2D eigenvalue weighted by atomic mass is 10.0. The molecule has 0 aliphatic heterocycles. The first-order valence-electron chi connectivity index (χ1n) is 6.51. The number of halogens is 1. The van der Waals surface area contributed by atoms with Crippen molar-refractivity contribution >= 4 is 11.6 Å². The number of benzene rings is 2. The molecule has 0 unspecified atom stereocenters. The molecular formula is C16H18ClNO2. The van der Waals surface area contributed by atoms with Crippen LogP contribution in [-0.2, 0) is 0 Å². The average molecular weight is 292 g/mol. The summed E-state index contributed by atoms with van der Waals surface area (Å²) >= 11 is 5.98. The zero-order valence-electron chi connectivity index (χ0n) is 11.3. The minimum absolute atomic E-state index is 0.00164. The van der Waals surface area contributed by atoms with Gasteiger partial charge in [-0.2, -0.15) is 0 Å². The Morgan fingerprint density at radius 1 is 1.10 bits per heavy atom. The monoisotopic (exact) mass is 291 g/mol. The number of phenolic OH excluding ortho intramolecular Hbond substituents is 1. The summed E-state index contributed by atoms with van der Waals surface area (Å²) in [7, 11) is 0. The minimum atomic E-state index is -0.203. The van der Waals surface area contributed by atoms with E-state index in [-0.39, 0.29) is 24.4 Å². The number of hydrogen-bond donors (Lipinski definition) is 3. The first-order valence-corrected chi connectivity index (χ1v) is 6.89. The molecule has 2 rings (SSSR count). The molecule has 106 valence electrons. The van der Waals surface area contributed by atoms with Gasteiger partial charge in [0, 0.05) is 11.1 Å². The Balaban J connectivity index is 2.14. The van der Waals surface area contributed by atoms with Gasteiger partial charge in [0.05, 0.1) is 12.6 Å². The summed E-state index contributed by atoms with van der Waals surface area (Å²) in [6.45, 7) is 1.96. The molecule has 0 amide bonds. The number of phenols is 1. The van der Waals surface area contributed by atoms with E-state index in [1.807, 2.05) is 31.2 Å². The van der Waals surface area contributed by atoms with Crippen LogP contribution in [0.2, 0.25) is 5.02 Å². The molecule has 0 saturated heterocycles. The molecule has 0 saturated carbocycles. The van der Waals surface area contributed by atoms with E-state index in [4.69, 9.17) is 11.6 Å². The fourth-order valence-electron chi connectivity index (χ4n) is 2.17. The molecule has 0 aliphatic carbocycles. The van der Waals surface area contributed by atoms with Gasteiger partial charge in [-0.15, -0.1) is 0 Å². The Morgan fingerprint density at radius 2 is 1.80 bits per heavy atom. The Bertz CT molecular complexity index is 574. The van der Waals surface area contributed by atoms with Crippen LogP contribution in [0.3, 0.4) is 0 Å². The molecule has 2 aromatic carbocycles. The van der Waals surface area contributed by atoms with Gasteiger partial charge >= 0.3 is 0 Å². The third kappa shape index (κ3) is 3.73. The summed E-state index contributed by atoms with van der Waals surface area (Å²) in [4.78, 5) is 0. The SMILES string of the molecule is C[C@H](N[C@@H](CO)c1cccc(Cl)c1)c1cccc(O)c1. The average Bonchev–Trinajstić information content (AvgIpc) is 2.44. The molecule has 3 nitrogen and oxygen atoms in total. The van der Waals surface area contributed by atoms with Crippen LogP contribution in [-0.4, -0.2) is 16.8 Å². The number of hydrogen-bond acceptors (Lipinski definition) is 3. The zero-order valence-corrected chi connectivity index (χ0v) is 12.0. The van der Waals surface area contributed by atoms with Crippen LogP contribution in [0.15, 0.2) is 48.5 Å². The second-order valence-electron chi connectivity index (χ2n) is 4.77. The molecule has 0 fully saturated rings. The number of aliphatic hydroxyl groups is 1. The summed E-state index contributed by atoms with van der Waals surface area (Å²) in [5.41, 5.74) is 1.90. The molecule has 0 radical (unpaired) electrons. The van der Waals surface area contributed by atoms with Crippen LogP contribution in [0.4, 0.5) is 0 Å². The number of aromatic hydroxyl groups is 1. The molecule has 0 heterocycles. The van der Waals surface area contributed by atoms with Crippen molar-refractivity contribution in [2.75, 3.05) is 6.61 Å². The highest BCUT2D eigenvalue weighted by molar-refractivity contribution is 6.30. The molecule has 0 aliphatic rings. The van der Waals surface area contributed by atoms with E-state index in [9.17, 15) is 10.2 Å². The Morgan fingerprint density at radius 3 is 2.45 bits per heavy atom. The first kappa shape index (κ1) is 14.9. The van der Waals surface area contributed by atoms with Gasteiger partial charge in [-0.1, -0.05) is 35.9 Å². The Hall–Kier alpha value is -1.55. The number of nitrogens with one attached hydrogen (secondary N) is 1. The highest BCUT2D eigenvalue weighted by atomic mass is 35.5. The van der Waals surface area contributed by atoms with Crippen molar-refractivity contribution in [2.24, 2.45) is 0 Å². The van der Waals surface area contributed by atoms with E-state index in [0.29, 0.717) is 5.02 Å². The maximum absolute atomic E-state index is 9.57. The molecule has 2 aromatic rings. The largest absolute Gasteiger partial charge is 0.508 e. The maximum Gasteiger partial charge on any atom is 0.115 e. The van der Waals surface area contributed by atoms with Crippen LogP contribution >= 0.6 is 11.6 Å². The number of rotatable bonds is 5. The lowest BCUT2D eigenvalue weighted by Gasteiger charge is -2.22. The van der Waals surface area contributed by atoms with E-state index in [1.54, 1.807) is 24.3 Å². The molecule has 0 aromatic heterocycles. The van der Waals surface area contributed by atoms with Gasteiger partial charge in [-0.05, 0) is 42.3 Å². The second kappa shape index (κ2) is 6.75. The van der Waals surface area contributed by atoms with E-state index < -0.39 is 0 Å². The maximum atomic E-state index is 9.57. The van der Waals surface area contributed by atoms with E-state index in [0.717, 1.165) is 11.1 Å². The summed E-state index contributed by atoms with van der Waals surface area (Å²) in [5.74, 6) is 0.236. The van der Waals surface area contributed by atoms with Crippen LogP contribution in [0.25, 0.3) is 0 Å². The van der Waals surface area contributed by atoms with Crippen molar-refractivity contribution in [3.63, 3.8) is 0 Å². The van der Waals surface area contributed by atoms with Gasteiger partial charge in [0.2, 0.25) is 0 Å². The quantitative estimate of drug-likeness (QED) is 0.791. The lowest BCUT2D eigenvalue weighted by Crippen LogP contribution is -2.27.